The number of benzene rings is 1. The summed E-state index contributed by atoms with van der Waals surface area (Å²) in [5.41, 5.74) is 3.63. The van der Waals surface area contributed by atoms with Crippen molar-refractivity contribution in [3.05, 3.63) is 39.8 Å². The lowest BCUT2D eigenvalue weighted by molar-refractivity contribution is -0.127. The Bertz CT molecular complexity index is 691. The van der Waals surface area contributed by atoms with E-state index in [0.29, 0.717) is 10.6 Å². The van der Waals surface area contributed by atoms with Crippen LogP contribution in [-0.4, -0.2) is 28.5 Å². The van der Waals surface area contributed by atoms with Crippen LogP contribution in [0.2, 0.25) is 0 Å². The number of allylic oxidation sites excluding steroid dienone is 1. The van der Waals surface area contributed by atoms with Gasteiger partial charge in [0.25, 0.3) is 11.1 Å². The normalized spacial score (nSPS) is 14.5. The van der Waals surface area contributed by atoms with E-state index in [1.807, 2.05) is 26.0 Å². The van der Waals surface area contributed by atoms with E-state index in [0.717, 1.165) is 33.4 Å². The smallest absolute Gasteiger partial charge is 0.294 e. The lowest BCUT2D eigenvalue weighted by Crippen LogP contribution is -2.36. The summed E-state index contributed by atoms with van der Waals surface area (Å²) in [4.78, 5) is 37.4. The summed E-state index contributed by atoms with van der Waals surface area (Å²) in [5.74, 6) is -0.786. The van der Waals surface area contributed by atoms with E-state index in [1.165, 1.54) is 0 Å². The molecule has 0 saturated carbocycles. The molecule has 116 valence electrons. The lowest BCUT2D eigenvalue weighted by Gasteiger charge is -2.13. The monoisotopic (exact) mass is 318 g/mol. The molecule has 1 fully saturated rings. The Morgan fingerprint density at radius 1 is 1.18 bits per heavy atom. The van der Waals surface area contributed by atoms with Gasteiger partial charge in [-0.2, -0.15) is 0 Å². The number of rotatable bonds is 3. The van der Waals surface area contributed by atoms with Gasteiger partial charge in [-0.25, -0.2) is 0 Å². The first kappa shape index (κ1) is 16.3. The van der Waals surface area contributed by atoms with Crippen molar-refractivity contribution in [2.24, 2.45) is 0 Å². The zero-order valence-electron chi connectivity index (χ0n) is 13.0. The molecule has 1 aromatic carbocycles. The standard InChI is InChI=1S/C16H18N2O3S/c1-9(2)14-15(20)18(16(21)22-14)8-13(19)17-12-6-5-10(3)11(4)7-12/h5-7H,8H2,1-4H3,(H,17,19). The zero-order valence-corrected chi connectivity index (χ0v) is 13.8. The number of aryl methyl sites for hydroxylation is 2. The van der Waals surface area contributed by atoms with Gasteiger partial charge < -0.3 is 5.32 Å². The van der Waals surface area contributed by atoms with Gasteiger partial charge in [-0.15, -0.1) is 0 Å². The van der Waals surface area contributed by atoms with Crippen LogP contribution in [0.15, 0.2) is 28.7 Å². The fraction of sp³-hybridized carbons (Fsp3) is 0.312. The molecule has 0 atom stereocenters. The summed E-state index contributed by atoms with van der Waals surface area (Å²) in [7, 11) is 0. The van der Waals surface area contributed by atoms with Crippen molar-refractivity contribution in [2.45, 2.75) is 27.7 Å². The number of imide groups is 1. The number of carbonyl (C=O) groups is 3. The minimum Gasteiger partial charge on any atom is -0.325 e. The Kier molecular flexibility index (Phi) is 4.71. The van der Waals surface area contributed by atoms with E-state index in [9.17, 15) is 14.4 Å². The summed E-state index contributed by atoms with van der Waals surface area (Å²) in [6.45, 7) is 7.21. The molecule has 3 amide bonds. The number of amides is 3. The van der Waals surface area contributed by atoms with E-state index in [4.69, 9.17) is 0 Å². The third-order valence-electron chi connectivity index (χ3n) is 3.40. The molecule has 0 aromatic heterocycles. The highest BCUT2D eigenvalue weighted by atomic mass is 32.2. The summed E-state index contributed by atoms with van der Waals surface area (Å²) < 4.78 is 0. The molecule has 2 rings (SSSR count). The maximum absolute atomic E-state index is 12.1. The van der Waals surface area contributed by atoms with Crippen LogP contribution in [0.1, 0.15) is 25.0 Å². The SMILES string of the molecule is CC(C)=C1SC(=O)N(CC(=O)Nc2ccc(C)c(C)c2)C1=O. The largest absolute Gasteiger partial charge is 0.325 e. The molecule has 1 aliphatic rings. The number of carbonyl (C=O) groups excluding carboxylic acids is 3. The van der Waals surface area contributed by atoms with Gasteiger partial charge in [-0.1, -0.05) is 11.6 Å². The maximum Gasteiger partial charge on any atom is 0.294 e. The number of nitrogens with zero attached hydrogens (tertiary/aromatic N) is 1. The average molecular weight is 318 g/mol. The first-order chi connectivity index (χ1) is 10.3. The number of thioether (sulfide) groups is 1. The van der Waals surface area contributed by atoms with Gasteiger partial charge in [0.05, 0.1) is 4.91 Å². The molecule has 0 spiro atoms. The number of anilines is 1. The van der Waals surface area contributed by atoms with Gasteiger partial charge >= 0.3 is 0 Å². The Labute approximate surface area is 133 Å². The van der Waals surface area contributed by atoms with Crippen LogP contribution in [0, 0.1) is 13.8 Å². The van der Waals surface area contributed by atoms with E-state index >= 15 is 0 Å². The predicted molar refractivity (Wildman–Crippen MR) is 87.6 cm³/mol. The van der Waals surface area contributed by atoms with Gasteiger partial charge in [-0.05, 0) is 62.7 Å². The van der Waals surface area contributed by atoms with Crippen LogP contribution < -0.4 is 5.32 Å². The highest BCUT2D eigenvalue weighted by Gasteiger charge is 2.36. The van der Waals surface area contributed by atoms with Crippen LogP contribution in [0.25, 0.3) is 0 Å². The van der Waals surface area contributed by atoms with E-state index in [-0.39, 0.29) is 12.5 Å². The molecule has 0 unspecified atom stereocenters. The van der Waals surface area contributed by atoms with Gasteiger partial charge in [-0.3, -0.25) is 19.3 Å². The van der Waals surface area contributed by atoms with Crippen molar-refractivity contribution < 1.29 is 14.4 Å². The van der Waals surface area contributed by atoms with Crippen molar-refractivity contribution in [3.8, 4) is 0 Å². The quantitative estimate of drug-likeness (QED) is 0.869. The fourth-order valence-corrected chi connectivity index (χ4v) is 2.84. The van der Waals surface area contributed by atoms with Crippen LogP contribution in [-0.2, 0) is 9.59 Å². The Balaban J connectivity index is 2.06. The number of hydrogen-bond acceptors (Lipinski definition) is 4. The van der Waals surface area contributed by atoms with Gasteiger partial charge in [0.15, 0.2) is 0 Å². The maximum atomic E-state index is 12.1. The highest BCUT2D eigenvalue weighted by molar-refractivity contribution is 8.18. The minimum absolute atomic E-state index is 0.269. The molecule has 1 N–H and O–H groups in total. The van der Waals surface area contributed by atoms with E-state index in [1.54, 1.807) is 19.9 Å². The number of nitrogens with one attached hydrogen (secondary N) is 1. The van der Waals surface area contributed by atoms with Crippen LogP contribution in [0.5, 0.6) is 0 Å². The molecule has 22 heavy (non-hydrogen) atoms. The first-order valence-electron chi connectivity index (χ1n) is 6.88. The topological polar surface area (TPSA) is 66.5 Å². The molecule has 5 nitrogen and oxygen atoms in total. The second-order valence-electron chi connectivity index (χ2n) is 5.44. The number of hydrogen-bond donors (Lipinski definition) is 1. The molecular formula is C16H18N2O3S. The Hall–Kier alpha value is -2.08. The van der Waals surface area contributed by atoms with Crippen LogP contribution >= 0.6 is 11.8 Å². The Morgan fingerprint density at radius 3 is 2.41 bits per heavy atom. The molecule has 0 bridgehead atoms. The zero-order chi connectivity index (χ0) is 16.4. The molecular weight excluding hydrogens is 300 g/mol. The molecule has 1 heterocycles. The average Bonchev–Trinajstić information content (AvgIpc) is 2.71. The van der Waals surface area contributed by atoms with Crippen LogP contribution in [0.3, 0.4) is 0 Å². The second kappa shape index (κ2) is 6.36. The molecule has 0 radical (unpaired) electrons. The summed E-state index contributed by atoms with van der Waals surface area (Å²) in [6, 6.07) is 5.56. The third-order valence-corrected chi connectivity index (χ3v) is 4.58. The van der Waals surface area contributed by atoms with E-state index in [2.05, 4.69) is 5.32 Å². The first-order valence-corrected chi connectivity index (χ1v) is 7.69. The highest BCUT2D eigenvalue weighted by Crippen LogP contribution is 2.32. The van der Waals surface area contributed by atoms with Crippen molar-refractivity contribution in [3.63, 3.8) is 0 Å². The Morgan fingerprint density at radius 2 is 1.86 bits per heavy atom. The van der Waals surface area contributed by atoms with Crippen LogP contribution in [0.4, 0.5) is 10.5 Å². The molecule has 1 aliphatic heterocycles. The van der Waals surface area contributed by atoms with Crippen molar-refractivity contribution in [2.75, 3.05) is 11.9 Å². The fourth-order valence-electron chi connectivity index (χ4n) is 2.01. The van der Waals surface area contributed by atoms with Gasteiger partial charge in [0.1, 0.15) is 6.54 Å². The summed E-state index contributed by atoms with van der Waals surface area (Å²) >= 11 is 0.880. The minimum atomic E-state index is -0.406. The molecule has 0 aliphatic carbocycles. The second-order valence-corrected chi connectivity index (χ2v) is 6.40. The van der Waals surface area contributed by atoms with Crippen molar-refractivity contribution in [1.82, 2.24) is 4.90 Å². The molecule has 6 heteroatoms. The predicted octanol–water partition coefficient (Wildman–Crippen LogP) is 3.23. The van der Waals surface area contributed by atoms with Gasteiger partial charge in [0.2, 0.25) is 5.91 Å². The summed E-state index contributed by atoms with van der Waals surface area (Å²) in [6.07, 6.45) is 0. The third kappa shape index (κ3) is 3.39. The van der Waals surface area contributed by atoms with Gasteiger partial charge in [0, 0.05) is 5.69 Å². The van der Waals surface area contributed by atoms with Crippen molar-refractivity contribution >= 4 is 34.5 Å². The van der Waals surface area contributed by atoms with E-state index < -0.39 is 11.1 Å². The van der Waals surface area contributed by atoms with Crippen molar-refractivity contribution in [1.29, 1.82) is 0 Å². The molecule has 1 aromatic rings. The lowest BCUT2D eigenvalue weighted by atomic mass is 10.1. The summed E-state index contributed by atoms with van der Waals surface area (Å²) in [5, 5.41) is 2.31. The molecule has 1 saturated heterocycles.